The molecule has 290 valence electrons. The van der Waals surface area contributed by atoms with E-state index in [4.69, 9.17) is 19.4 Å². The van der Waals surface area contributed by atoms with Gasteiger partial charge in [0, 0.05) is 32.9 Å². The number of fused-ring (bicyclic) bond motifs is 8. The van der Waals surface area contributed by atoms with Gasteiger partial charge < -0.3 is 4.42 Å². The number of rotatable bonds is 6. The Morgan fingerprint density at radius 3 is 1.62 bits per heavy atom. The summed E-state index contributed by atoms with van der Waals surface area (Å²) in [4.78, 5) is 15.3. The monoisotopic (exact) mass is 783 g/mol. The lowest BCUT2D eigenvalue weighted by Crippen LogP contribution is -2.28. The summed E-state index contributed by atoms with van der Waals surface area (Å²) in [5.41, 5.74) is 17.5. The predicted molar refractivity (Wildman–Crippen MR) is 249 cm³/mol. The number of hydrogen-bond donors (Lipinski definition) is 0. The summed E-state index contributed by atoms with van der Waals surface area (Å²) >= 11 is 0. The lowest BCUT2D eigenvalue weighted by atomic mass is 9.67. The zero-order valence-electron chi connectivity index (χ0n) is 33.7. The van der Waals surface area contributed by atoms with Crippen molar-refractivity contribution in [1.29, 1.82) is 0 Å². The topological polar surface area (TPSA) is 51.8 Å². The van der Waals surface area contributed by atoms with Crippen LogP contribution in [-0.2, 0) is 5.41 Å². The zero-order chi connectivity index (χ0) is 40.3. The minimum absolute atomic E-state index is 0.132. The maximum absolute atomic E-state index is 6.29. The largest absolute Gasteiger partial charge is 0.456 e. The minimum atomic E-state index is 0.132. The van der Waals surface area contributed by atoms with Crippen LogP contribution < -0.4 is 0 Å². The van der Waals surface area contributed by atoms with Gasteiger partial charge in [0.1, 0.15) is 11.2 Å². The number of furan rings is 1. The van der Waals surface area contributed by atoms with Gasteiger partial charge in [0.2, 0.25) is 0 Å². The summed E-state index contributed by atoms with van der Waals surface area (Å²) in [5.74, 6) is 1.83. The molecule has 0 atom stereocenters. The molecule has 61 heavy (non-hydrogen) atoms. The van der Waals surface area contributed by atoms with Gasteiger partial charge >= 0.3 is 0 Å². The Morgan fingerprint density at radius 1 is 0.328 bits per heavy atom. The summed E-state index contributed by atoms with van der Waals surface area (Å²) in [6, 6.07) is 67.1. The third-order valence-electron chi connectivity index (χ3n) is 13.1. The molecule has 0 radical (unpaired) electrons. The van der Waals surface area contributed by atoms with Crippen LogP contribution in [0, 0.1) is 0 Å². The van der Waals surface area contributed by atoms with Crippen molar-refractivity contribution in [3.05, 3.63) is 199 Å². The standard InChI is InChI=1S/C57H41N3O/c1-3-13-37(14-4-1)41-16-12-18-44(34-41)55-58-54(59-56(60-55)45-28-30-49-48-20-6-8-22-52(48)61-53(49)36-45)39-25-23-38(24-26-39)40-15-11-17-42(33-40)43-27-29-47-46-19-5-7-21-50(46)57(51(47)35-43)31-9-2-10-32-57/h1,3-8,11-30,33-36H,2,9-10,31-32H2. The zero-order valence-corrected chi connectivity index (χ0v) is 33.7. The molecule has 8 aromatic carbocycles. The molecule has 0 unspecified atom stereocenters. The van der Waals surface area contributed by atoms with Crippen LogP contribution in [0.3, 0.4) is 0 Å². The van der Waals surface area contributed by atoms with Crippen LogP contribution in [0.1, 0.15) is 43.2 Å². The van der Waals surface area contributed by atoms with Crippen molar-refractivity contribution in [2.45, 2.75) is 37.5 Å². The van der Waals surface area contributed by atoms with E-state index in [9.17, 15) is 0 Å². The number of hydrogen-bond acceptors (Lipinski definition) is 4. The lowest BCUT2D eigenvalue weighted by molar-refractivity contribution is 0.353. The smallest absolute Gasteiger partial charge is 0.164 e. The molecule has 10 aromatic rings. The highest BCUT2D eigenvalue weighted by molar-refractivity contribution is 6.05. The molecule has 2 heterocycles. The first kappa shape index (κ1) is 35.5. The normalized spacial score (nSPS) is 14.0. The molecule has 1 spiro atoms. The van der Waals surface area contributed by atoms with Crippen LogP contribution in [0.2, 0.25) is 0 Å². The number of para-hydroxylation sites is 1. The maximum Gasteiger partial charge on any atom is 0.164 e. The van der Waals surface area contributed by atoms with Crippen molar-refractivity contribution >= 4 is 21.9 Å². The fraction of sp³-hybridized carbons (Fsp3) is 0.105. The third kappa shape index (κ3) is 6.09. The molecule has 1 fully saturated rings. The Bertz CT molecular complexity index is 3280. The Balaban J connectivity index is 0.911. The molecule has 1 saturated carbocycles. The Morgan fingerprint density at radius 2 is 0.836 bits per heavy atom. The third-order valence-corrected chi connectivity index (χ3v) is 13.1. The fourth-order valence-corrected chi connectivity index (χ4v) is 10.1. The summed E-state index contributed by atoms with van der Waals surface area (Å²) in [7, 11) is 0. The van der Waals surface area contributed by atoms with Crippen molar-refractivity contribution in [3.63, 3.8) is 0 Å². The van der Waals surface area contributed by atoms with E-state index in [0.717, 1.165) is 55.3 Å². The van der Waals surface area contributed by atoms with E-state index in [1.54, 1.807) is 0 Å². The van der Waals surface area contributed by atoms with E-state index >= 15 is 0 Å². The quantitative estimate of drug-likeness (QED) is 0.169. The minimum Gasteiger partial charge on any atom is -0.456 e. The molecule has 12 rings (SSSR count). The van der Waals surface area contributed by atoms with E-state index in [1.807, 2.05) is 30.3 Å². The van der Waals surface area contributed by atoms with E-state index in [1.165, 1.54) is 71.0 Å². The fourth-order valence-electron chi connectivity index (χ4n) is 10.1. The van der Waals surface area contributed by atoms with Gasteiger partial charge in [-0.25, -0.2) is 15.0 Å². The Kier molecular flexibility index (Phi) is 8.38. The summed E-state index contributed by atoms with van der Waals surface area (Å²) in [6.07, 6.45) is 6.37. The molecule has 0 N–H and O–H groups in total. The second-order valence-corrected chi connectivity index (χ2v) is 16.7. The van der Waals surface area contributed by atoms with Gasteiger partial charge in [-0.1, -0.05) is 171 Å². The summed E-state index contributed by atoms with van der Waals surface area (Å²) < 4.78 is 6.29. The van der Waals surface area contributed by atoms with E-state index in [2.05, 4.69) is 158 Å². The van der Waals surface area contributed by atoms with Gasteiger partial charge in [-0.3, -0.25) is 0 Å². The first-order valence-electron chi connectivity index (χ1n) is 21.5. The van der Waals surface area contributed by atoms with Crippen LogP contribution >= 0.6 is 0 Å². The average Bonchev–Trinajstić information content (AvgIpc) is 3.84. The maximum atomic E-state index is 6.29. The molecule has 0 saturated heterocycles. The van der Waals surface area contributed by atoms with Crippen LogP contribution in [0.4, 0.5) is 0 Å². The summed E-state index contributed by atoms with van der Waals surface area (Å²) in [6.45, 7) is 0. The second-order valence-electron chi connectivity index (χ2n) is 16.7. The van der Waals surface area contributed by atoms with Gasteiger partial charge in [-0.2, -0.15) is 0 Å². The van der Waals surface area contributed by atoms with Gasteiger partial charge in [-0.05, 0) is 105 Å². The molecule has 0 aliphatic heterocycles. The van der Waals surface area contributed by atoms with Gasteiger partial charge in [0.25, 0.3) is 0 Å². The van der Waals surface area contributed by atoms with Gasteiger partial charge in [0.15, 0.2) is 17.5 Å². The average molecular weight is 784 g/mol. The van der Waals surface area contributed by atoms with Crippen molar-refractivity contribution in [1.82, 2.24) is 15.0 Å². The van der Waals surface area contributed by atoms with Crippen LogP contribution in [-0.4, -0.2) is 15.0 Å². The van der Waals surface area contributed by atoms with Gasteiger partial charge in [0.05, 0.1) is 0 Å². The highest BCUT2D eigenvalue weighted by Crippen LogP contribution is 2.56. The molecule has 4 nitrogen and oxygen atoms in total. The second kappa shape index (κ2) is 14.4. The van der Waals surface area contributed by atoms with E-state index in [0.29, 0.717) is 17.5 Å². The number of aromatic nitrogens is 3. The molecular weight excluding hydrogens is 743 g/mol. The SMILES string of the molecule is c1ccc(-c2cccc(-c3nc(-c4ccc(-c5cccc(-c6ccc7c(c6)C6(CCCCC6)c6ccccc6-7)c5)cc4)nc(-c4ccc5c(c4)oc4ccccc45)n3)c2)cc1. The molecule has 2 aliphatic carbocycles. The Hall–Kier alpha value is -7.43. The van der Waals surface area contributed by atoms with Crippen molar-refractivity contribution < 1.29 is 4.42 Å². The van der Waals surface area contributed by atoms with Crippen molar-refractivity contribution in [2.75, 3.05) is 0 Å². The molecule has 2 aromatic heterocycles. The molecular formula is C57H41N3O. The van der Waals surface area contributed by atoms with Crippen LogP contribution in [0.15, 0.2) is 192 Å². The van der Waals surface area contributed by atoms with Crippen molar-refractivity contribution in [3.8, 4) is 78.7 Å². The molecule has 4 heteroatoms. The molecule has 2 aliphatic rings. The first-order valence-corrected chi connectivity index (χ1v) is 21.5. The first-order chi connectivity index (χ1) is 30.2. The summed E-state index contributed by atoms with van der Waals surface area (Å²) in [5, 5.41) is 2.16. The van der Waals surface area contributed by atoms with Crippen LogP contribution in [0.25, 0.3) is 101 Å². The highest BCUT2D eigenvalue weighted by Gasteiger charge is 2.43. The molecule has 0 bridgehead atoms. The molecule has 0 amide bonds. The van der Waals surface area contributed by atoms with E-state index < -0.39 is 0 Å². The predicted octanol–water partition coefficient (Wildman–Crippen LogP) is 15.0. The van der Waals surface area contributed by atoms with Crippen LogP contribution in [0.5, 0.6) is 0 Å². The highest BCUT2D eigenvalue weighted by atomic mass is 16.3. The number of nitrogens with zero attached hydrogens (tertiary/aromatic N) is 3. The van der Waals surface area contributed by atoms with E-state index in [-0.39, 0.29) is 5.41 Å². The number of benzene rings is 8. The Labute approximate surface area is 355 Å². The van der Waals surface area contributed by atoms with Gasteiger partial charge in [-0.15, -0.1) is 0 Å². The van der Waals surface area contributed by atoms with Crippen molar-refractivity contribution in [2.24, 2.45) is 0 Å². The lowest BCUT2D eigenvalue weighted by Gasteiger charge is -2.36.